The number of hydrogen-bond donors (Lipinski definition) is 1. The number of piperidine rings is 1. The predicted molar refractivity (Wildman–Crippen MR) is 118 cm³/mol. The van der Waals surface area contributed by atoms with Gasteiger partial charge in [0.25, 0.3) is 0 Å². The van der Waals surface area contributed by atoms with Crippen LogP contribution in [0.25, 0.3) is 0 Å². The summed E-state index contributed by atoms with van der Waals surface area (Å²) >= 11 is 1.77. The zero-order valence-corrected chi connectivity index (χ0v) is 17.8. The van der Waals surface area contributed by atoms with Crippen LogP contribution in [0.3, 0.4) is 0 Å². The molecule has 1 saturated carbocycles. The van der Waals surface area contributed by atoms with Crippen molar-refractivity contribution in [3.63, 3.8) is 0 Å². The van der Waals surface area contributed by atoms with E-state index >= 15 is 0 Å². The van der Waals surface area contributed by atoms with Gasteiger partial charge in [0.05, 0.1) is 6.04 Å². The highest BCUT2D eigenvalue weighted by molar-refractivity contribution is 7.07. The topological polar surface area (TPSA) is 35.6 Å². The lowest BCUT2D eigenvalue weighted by atomic mass is 9.74. The van der Waals surface area contributed by atoms with Crippen molar-refractivity contribution >= 4 is 17.4 Å². The molecule has 0 radical (unpaired) electrons. The van der Waals surface area contributed by atoms with Gasteiger partial charge in [-0.3, -0.25) is 4.90 Å². The molecule has 0 bridgehead atoms. The highest BCUT2D eigenvalue weighted by Gasteiger charge is 2.46. The highest BCUT2D eigenvalue weighted by atomic mass is 32.1. The third kappa shape index (κ3) is 3.95. The number of rotatable bonds is 4. The summed E-state index contributed by atoms with van der Waals surface area (Å²) in [6.45, 7) is 3.18. The normalized spacial score (nSPS) is 28.8. The molecule has 5 rings (SSSR count). The summed E-state index contributed by atoms with van der Waals surface area (Å²) in [5.41, 5.74) is 2.73. The van der Waals surface area contributed by atoms with E-state index in [1.807, 2.05) is 0 Å². The third-order valence-electron chi connectivity index (χ3n) is 7.15. The van der Waals surface area contributed by atoms with Crippen LogP contribution in [-0.4, -0.2) is 41.0 Å². The van der Waals surface area contributed by atoms with E-state index < -0.39 is 0 Å². The molecule has 2 aliphatic heterocycles. The predicted octanol–water partition coefficient (Wildman–Crippen LogP) is 5.04. The molecular weight excluding hydrogens is 378 g/mol. The molecule has 3 aliphatic rings. The molecule has 1 aromatic heterocycles. The Labute approximate surface area is 177 Å². The minimum Gasteiger partial charge on any atom is -0.335 e. The molecule has 3 atom stereocenters. The summed E-state index contributed by atoms with van der Waals surface area (Å²) in [6.07, 6.45) is 7.01. The number of hydrogen-bond acceptors (Lipinski definition) is 3. The molecule has 0 spiro atoms. The Bertz CT molecular complexity index is 801. The summed E-state index contributed by atoms with van der Waals surface area (Å²) in [7, 11) is 0. The van der Waals surface area contributed by atoms with Gasteiger partial charge in [-0.05, 0) is 53.6 Å². The third-order valence-corrected chi connectivity index (χ3v) is 7.88. The van der Waals surface area contributed by atoms with Crippen LogP contribution in [0.4, 0.5) is 4.79 Å². The molecule has 1 aliphatic carbocycles. The Balaban J connectivity index is 1.35. The van der Waals surface area contributed by atoms with Crippen molar-refractivity contribution in [3.8, 4) is 0 Å². The van der Waals surface area contributed by atoms with Gasteiger partial charge < -0.3 is 10.2 Å². The number of nitrogens with zero attached hydrogens (tertiary/aromatic N) is 2. The molecule has 154 valence electrons. The van der Waals surface area contributed by atoms with Gasteiger partial charge in [0, 0.05) is 37.6 Å². The fraction of sp³-hybridized carbons (Fsp3) is 0.542. The lowest BCUT2D eigenvalue weighted by Crippen LogP contribution is -2.62. The van der Waals surface area contributed by atoms with Crippen molar-refractivity contribution < 1.29 is 4.79 Å². The van der Waals surface area contributed by atoms with Gasteiger partial charge in [0.15, 0.2) is 0 Å². The number of carbonyl (C=O) groups is 1. The number of carbonyl (C=O) groups excluding carboxylic acids is 1. The molecule has 1 aromatic carbocycles. The maximum atomic E-state index is 13.3. The van der Waals surface area contributed by atoms with Gasteiger partial charge in [0.2, 0.25) is 0 Å². The molecular formula is C24H31N3OS. The first-order valence-electron chi connectivity index (χ1n) is 11.2. The Morgan fingerprint density at radius 3 is 2.55 bits per heavy atom. The summed E-state index contributed by atoms with van der Waals surface area (Å²) in [5, 5.41) is 7.79. The van der Waals surface area contributed by atoms with Crippen LogP contribution >= 0.6 is 11.3 Å². The van der Waals surface area contributed by atoms with E-state index in [9.17, 15) is 4.79 Å². The maximum absolute atomic E-state index is 13.3. The standard InChI is InChI=1S/C24H31N3OS/c28-24-25-22-9-5-4-8-21(22)23(19-6-2-1-3-7-19)27(24)20-10-13-26(14-11-20)16-18-12-15-29-17-18/h1-3,6-7,12,15,17,20-23H,4-5,8-11,13-14,16H2,(H,25,28)/t21-,22?,23+/m0/s1. The first-order chi connectivity index (χ1) is 14.3. The number of likely N-dealkylation sites (tertiary alicyclic amines) is 1. The van der Waals surface area contributed by atoms with Gasteiger partial charge in [0.1, 0.15) is 0 Å². The second-order valence-electron chi connectivity index (χ2n) is 8.91. The number of nitrogens with one attached hydrogen (secondary N) is 1. The van der Waals surface area contributed by atoms with Gasteiger partial charge in [-0.1, -0.05) is 43.2 Å². The quantitative estimate of drug-likeness (QED) is 0.768. The van der Waals surface area contributed by atoms with Crippen LogP contribution in [0, 0.1) is 5.92 Å². The molecule has 29 heavy (non-hydrogen) atoms. The van der Waals surface area contributed by atoms with Gasteiger partial charge in [-0.25, -0.2) is 4.79 Å². The molecule has 4 nitrogen and oxygen atoms in total. The van der Waals surface area contributed by atoms with Crippen LogP contribution < -0.4 is 5.32 Å². The van der Waals surface area contributed by atoms with Gasteiger partial charge in [-0.2, -0.15) is 11.3 Å². The first kappa shape index (κ1) is 19.1. The monoisotopic (exact) mass is 409 g/mol. The minimum atomic E-state index is 0.165. The van der Waals surface area contributed by atoms with Crippen LogP contribution in [0.2, 0.25) is 0 Å². The van der Waals surface area contributed by atoms with Crippen LogP contribution in [-0.2, 0) is 6.54 Å². The number of amides is 2. The molecule has 3 fully saturated rings. The van der Waals surface area contributed by atoms with E-state index in [4.69, 9.17) is 0 Å². The van der Waals surface area contributed by atoms with E-state index in [1.165, 1.54) is 30.4 Å². The Morgan fingerprint density at radius 2 is 1.79 bits per heavy atom. The molecule has 2 aromatic rings. The lowest BCUT2D eigenvalue weighted by Gasteiger charge is -2.52. The van der Waals surface area contributed by atoms with Gasteiger partial charge in [-0.15, -0.1) is 0 Å². The van der Waals surface area contributed by atoms with Crippen LogP contribution in [0.1, 0.15) is 55.7 Å². The maximum Gasteiger partial charge on any atom is 0.318 e. The Hall–Kier alpha value is -1.85. The summed E-state index contributed by atoms with van der Waals surface area (Å²) in [6, 6.07) is 14.1. The summed E-state index contributed by atoms with van der Waals surface area (Å²) < 4.78 is 0. The SMILES string of the molecule is O=C1NC2CCCC[C@@H]2[C@@H](c2ccccc2)N1C1CCN(Cc2ccsc2)CC1. The zero-order chi connectivity index (χ0) is 19.6. The molecule has 2 saturated heterocycles. The van der Waals surface area contributed by atoms with Crippen molar-refractivity contribution in [2.45, 2.75) is 63.2 Å². The number of fused-ring (bicyclic) bond motifs is 1. The van der Waals surface area contributed by atoms with E-state index in [1.54, 1.807) is 11.3 Å². The van der Waals surface area contributed by atoms with E-state index in [0.29, 0.717) is 18.0 Å². The highest BCUT2D eigenvalue weighted by Crippen LogP contribution is 2.43. The largest absolute Gasteiger partial charge is 0.335 e. The zero-order valence-electron chi connectivity index (χ0n) is 17.0. The van der Waals surface area contributed by atoms with Crippen molar-refractivity contribution in [2.24, 2.45) is 5.92 Å². The average Bonchev–Trinajstić information content (AvgIpc) is 3.27. The second kappa shape index (κ2) is 8.49. The summed E-state index contributed by atoms with van der Waals surface area (Å²) in [4.78, 5) is 18.1. The second-order valence-corrected chi connectivity index (χ2v) is 9.69. The fourth-order valence-corrected chi connectivity index (χ4v) is 6.39. The van der Waals surface area contributed by atoms with Crippen LogP contribution in [0.15, 0.2) is 47.2 Å². The van der Waals surface area contributed by atoms with Crippen LogP contribution in [0.5, 0.6) is 0 Å². The number of benzene rings is 1. The molecule has 3 heterocycles. The van der Waals surface area contributed by atoms with Crippen molar-refractivity contribution in [2.75, 3.05) is 13.1 Å². The average molecular weight is 410 g/mol. The molecule has 1 unspecified atom stereocenters. The molecule has 2 amide bonds. The number of thiophene rings is 1. The van der Waals surface area contributed by atoms with E-state index in [0.717, 1.165) is 38.9 Å². The van der Waals surface area contributed by atoms with Crippen molar-refractivity contribution in [1.29, 1.82) is 0 Å². The minimum absolute atomic E-state index is 0.165. The van der Waals surface area contributed by atoms with Crippen molar-refractivity contribution in [1.82, 2.24) is 15.1 Å². The van der Waals surface area contributed by atoms with E-state index in [-0.39, 0.29) is 12.1 Å². The summed E-state index contributed by atoms with van der Waals surface area (Å²) in [5.74, 6) is 0.535. The Kier molecular flexibility index (Phi) is 5.60. The fourth-order valence-electron chi connectivity index (χ4n) is 5.73. The first-order valence-corrected chi connectivity index (χ1v) is 12.1. The smallest absolute Gasteiger partial charge is 0.318 e. The Morgan fingerprint density at radius 1 is 1.00 bits per heavy atom. The van der Waals surface area contributed by atoms with Crippen molar-refractivity contribution in [3.05, 3.63) is 58.3 Å². The number of urea groups is 1. The van der Waals surface area contributed by atoms with E-state index in [2.05, 4.69) is 62.3 Å². The lowest BCUT2D eigenvalue weighted by molar-refractivity contribution is 0.0268. The molecule has 1 N–H and O–H groups in total. The molecule has 5 heteroatoms. The van der Waals surface area contributed by atoms with Gasteiger partial charge >= 0.3 is 6.03 Å².